The van der Waals surface area contributed by atoms with Gasteiger partial charge in [-0.2, -0.15) is 5.10 Å². The number of amides is 2. The van der Waals surface area contributed by atoms with E-state index in [4.69, 9.17) is 37.4 Å². The molecule has 0 spiro atoms. The van der Waals surface area contributed by atoms with E-state index in [-0.39, 0.29) is 24.1 Å². The Balaban J connectivity index is 1.61. The van der Waals surface area contributed by atoms with E-state index >= 15 is 0 Å². The molecular formula is C30H45N11O4. The SMILES string of the molecule is C=CC(OCCCN)C(N)N(CCC[C@H]1COc2cc(C(N)=O)cc3nc(NC(=O)c4cc(C)nn4CC)n1c23)/C(N)=N\CC. The number of rotatable bonds is 16. The van der Waals surface area contributed by atoms with Gasteiger partial charge in [-0.05, 0) is 64.8 Å². The van der Waals surface area contributed by atoms with Crippen LogP contribution in [-0.4, -0.2) is 87.1 Å². The number of benzene rings is 1. The van der Waals surface area contributed by atoms with Gasteiger partial charge in [-0.25, -0.2) is 4.98 Å². The highest BCUT2D eigenvalue weighted by atomic mass is 16.5. The summed E-state index contributed by atoms with van der Waals surface area (Å²) in [5, 5.41) is 7.36. The van der Waals surface area contributed by atoms with Gasteiger partial charge in [0.1, 0.15) is 35.8 Å². The van der Waals surface area contributed by atoms with Crippen LogP contribution in [0.4, 0.5) is 5.95 Å². The summed E-state index contributed by atoms with van der Waals surface area (Å²) in [6, 6.07) is 4.71. The lowest BCUT2D eigenvalue weighted by Crippen LogP contribution is -2.55. The molecule has 15 nitrogen and oxygen atoms in total. The molecule has 2 aromatic heterocycles. The van der Waals surface area contributed by atoms with Crippen molar-refractivity contribution in [1.82, 2.24) is 24.2 Å². The lowest BCUT2D eigenvalue weighted by molar-refractivity contribution is 0.0340. The van der Waals surface area contributed by atoms with Crippen molar-refractivity contribution in [2.24, 2.45) is 27.9 Å². The molecule has 0 aliphatic carbocycles. The molecule has 0 saturated heterocycles. The number of primary amides is 1. The number of nitrogens with zero attached hydrogens (tertiary/aromatic N) is 6. The van der Waals surface area contributed by atoms with E-state index in [0.717, 1.165) is 5.69 Å². The zero-order valence-corrected chi connectivity index (χ0v) is 26.2. The summed E-state index contributed by atoms with van der Waals surface area (Å²) >= 11 is 0. The molecule has 1 aromatic carbocycles. The van der Waals surface area contributed by atoms with Gasteiger partial charge in [0.2, 0.25) is 11.9 Å². The monoisotopic (exact) mass is 623 g/mol. The average molecular weight is 624 g/mol. The second kappa shape index (κ2) is 15.0. The minimum atomic E-state index is -0.618. The molecular weight excluding hydrogens is 578 g/mol. The fourth-order valence-electron chi connectivity index (χ4n) is 5.45. The normalized spacial score (nSPS) is 15.8. The Morgan fingerprint density at radius 1 is 1.29 bits per heavy atom. The number of guanidine groups is 1. The van der Waals surface area contributed by atoms with E-state index in [0.29, 0.717) is 86.4 Å². The number of hydrogen-bond acceptors (Lipinski definition) is 9. The molecule has 1 aliphatic heterocycles. The van der Waals surface area contributed by atoms with Gasteiger partial charge in [0.25, 0.3) is 5.91 Å². The number of ether oxygens (including phenoxy) is 2. The van der Waals surface area contributed by atoms with Crippen LogP contribution in [0.5, 0.6) is 5.75 Å². The van der Waals surface area contributed by atoms with Gasteiger partial charge >= 0.3 is 0 Å². The second-order valence-corrected chi connectivity index (χ2v) is 10.8. The van der Waals surface area contributed by atoms with Crippen molar-refractivity contribution in [3.05, 3.63) is 47.8 Å². The van der Waals surface area contributed by atoms with Crippen LogP contribution in [-0.2, 0) is 11.3 Å². The quantitative estimate of drug-likeness (QED) is 0.0508. The molecule has 0 fully saturated rings. The minimum absolute atomic E-state index is 0.214. The predicted octanol–water partition coefficient (Wildman–Crippen LogP) is 1.47. The van der Waals surface area contributed by atoms with Gasteiger partial charge in [-0.3, -0.25) is 24.6 Å². The van der Waals surface area contributed by atoms with Crippen molar-refractivity contribution in [2.45, 2.75) is 64.9 Å². The highest BCUT2D eigenvalue weighted by molar-refractivity contribution is 6.04. The molecule has 15 heteroatoms. The number of hydrogen-bond donors (Lipinski definition) is 5. The summed E-state index contributed by atoms with van der Waals surface area (Å²) in [5.41, 5.74) is 26.7. The maximum absolute atomic E-state index is 13.4. The van der Waals surface area contributed by atoms with E-state index in [1.54, 1.807) is 29.0 Å². The first-order chi connectivity index (χ1) is 21.6. The Labute approximate surface area is 262 Å². The Hall–Kier alpha value is -4.47. The average Bonchev–Trinajstić information content (AvgIpc) is 3.58. The van der Waals surface area contributed by atoms with Crippen molar-refractivity contribution >= 4 is 34.8 Å². The molecule has 0 bridgehead atoms. The van der Waals surface area contributed by atoms with E-state index in [1.165, 1.54) is 0 Å². The van der Waals surface area contributed by atoms with Gasteiger partial charge in [-0.1, -0.05) is 6.08 Å². The highest BCUT2D eigenvalue weighted by Gasteiger charge is 2.30. The molecule has 1 aliphatic rings. The number of carbonyl (C=O) groups excluding carboxylic acids is 2. The third-order valence-electron chi connectivity index (χ3n) is 7.63. The van der Waals surface area contributed by atoms with Crippen LogP contribution in [0.15, 0.2) is 35.8 Å². The van der Waals surface area contributed by atoms with Crippen molar-refractivity contribution in [2.75, 3.05) is 38.2 Å². The molecule has 3 aromatic rings. The Morgan fingerprint density at radius 3 is 2.73 bits per heavy atom. The summed E-state index contributed by atoms with van der Waals surface area (Å²) in [4.78, 5) is 36.4. The van der Waals surface area contributed by atoms with Gasteiger partial charge in [-0.15, -0.1) is 6.58 Å². The summed E-state index contributed by atoms with van der Waals surface area (Å²) in [7, 11) is 0. The fourth-order valence-corrected chi connectivity index (χ4v) is 5.45. The van der Waals surface area contributed by atoms with E-state index in [9.17, 15) is 9.59 Å². The van der Waals surface area contributed by atoms with Gasteiger partial charge in [0.15, 0.2) is 5.96 Å². The van der Waals surface area contributed by atoms with Crippen molar-refractivity contribution in [3.8, 4) is 5.75 Å². The second-order valence-electron chi connectivity index (χ2n) is 10.8. The molecule has 3 heterocycles. The van der Waals surface area contributed by atoms with Gasteiger partial charge in [0, 0.05) is 31.8 Å². The summed E-state index contributed by atoms with van der Waals surface area (Å²) in [6.07, 6.45) is 2.50. The molecule has 0 saturated carbocycles. The van der Waals surface area contributed by atoms with Crippen LogP contribution >= 0.6 is 0 Å². The van der Waals surface area contributed by atoms with Crippen molar-refractivity contribution < 1.29 is 19.1 Å². The first-order valence-electron chi connectivity index (χ1n) is 15.2. The molecule has 244 valence electrons. The topological polar surface area (TPSA) is 220 Å². The fraction of sp³-hybridized carbons (Fsp3) is 0.500. The predicted molar refractivity (Wildman–Crippen MR) is 173 cm³/mol. The number of aryl methyl sites for hydroxylation is 2. The number of aliphatic imine (C=N–C) groups is 1. The number of nitrogens with two attached hydrogens (primary N) is 4. The zero-order chi connectivity index (χ0) is 32.7. The molecule has 0 radical (unpaired) electrons. The third-order valence-corrected chi connectivity index (χ3v) is 7.63. The van der Waals surface area contributed by atoms with E-state index < -0.39 is 18.2 Å². The molecule has 3 atom stereocenters. The first-order valence-corrected chi connectivity index (χ1v) is 15.2. The Kier molecular flexibility index (Phi) is 11.1. The summed E-state index contributed by atoms with van der Waals surface area (Å²) in [5.74, 6) is 0.148. The highest BCUT2D eigenvalue weighted by Crippen LogP contribution is 2.38. The standard InChI is InChI=1S/C30H45N11O4/c1-5-23(44-13-9-11-31)26(32)39(29(34)35-6-2)12-8-10-20-17-45-24-16-19(27(33)42)15-21-25(24)41(20)30(36-21)37-28(43)22-14-18(4)38-40(22)7-3/h5,14-16,20,23,26H,1,6-13,17,31-32H2,2-4H3,(H2,33,42)(H2,34,35)(H,36,37,43)/t20-,23?,26?/m0/s1. The number of imidazole rings is 1. The largest absolute Gasteiger partial charge is 0.489 e. The Bertz CT molecular complexity index is 1550. The first kappa shape index (κ1) is 33.4. The van der Waals surface area contributed by atoms with Gasteiger partial charge in [0.05, 0.1) is 17.3 Å². The van der Waals surface area contributed by atoms with Gasteiger partial charge < -0.3 is 41.9 Å². The molecule has 2 amide bonds. The van der Waals surface area contributed by atoms with E-state index in [2.05, 4.69) is 22.0 Å². The summed E-state index contributed by atoms with van der Waals surface area (Å²) < 4.78 is 15.6. The van der Waals surface area contributed by atoms with Crippen LogP contribution in [0, 0.1) is 6.92 Å². The number of carbonyl (C=O) groups is 2. The maximum atomic E-state index is 13.4. The molecule has 45 heavy (non-hydrogen) atoms. The van der Waals surface area contributed by atoms with Crippen LogP contribution < -0.4 is 33.0 Å². The number of anilines is 1. The Morgan fingerprint density at radius 2 is 2.07 bits per heavy atom. The van der Waals surface area contributed by atoms with E-state index in [1.807, 2.05) is 30.2 Å². The molecule has 9 N–H and O–H groups in total. The number of aromatic nitrogens is 4. The van der Waals surface area contributed by atoms with Crippen LogP contribution in [0.1, 0.15) is 65.7 Å². The zero-order valence-electron chi connectivity index (χ0n) is 26.2. The third kappa shape index (κ3) is 7.44. The summed E-state index contributed by atoms with van der Waals surface area (Å²) in [6.45, 7) is 12.3. The molecule has 4 rings (SSSR count). The number of nitrogens with one attached hydrogen (secondary N) is 1. The maximum Gasteiger partial charge on any atom is 0.276 e. The van der Waals surface area contributed by atoms with Crippen LogP contribution in [0.2, 0.25) is 0 Å². The lowest BCUT2D eigenvalue weighted by atomic mass is 10.1. The molecule has 2 unspecified atom stereocenters. The lowest BCUT2D eigenvalue weighted by Gasteiger charge is -2.34. The smallest absolute Gasteiger partial charge is 0.276 e. The van der Waals surface area contributed by atoms with Crippen LogP contribution in [0.25, 0.3) is 11.0 Å². The van der Waals surface area contributed by atoms with Crippen LogP contribution in [0.3, 0.4) is 0 Å². The van der Waals surface area contributed by atoms with Crippen molar-refractivity contribution in [3.63, 3.8) is 0 Å². The minimum Gasteiger partial charge on any atom is -0.489 e. The van der Waals surface area contributed by atoms with Crippen molar-refractivity contribution in [1.29, 1.82) is 0 Å².